The number of sulfonamides is 1. The molecule has 1 N–H and O–H groups in total. The molecule has 0 saturated heterocycles. The van der Waals surface area contributed by atoms with Crippen LogP contribution in [0.15, 0.2) is 23.2 Å². The topological polar surface area (TPSA) is 79.4 Å². The smallest absolute Gasteiger partial charge is 0.244 e. The summed E-state index contributed by atoms with van der Waals surface area (Å²) < 4.78 is 26.2. The maximum Gasteiger partial charge on any atom is 0.244 e. The summed E-state index contributed by atoms with van der Waals surface area (Å²) in [6, 6.07) is 1.91. The third kappa shape index (κ3) is 3.41. The number of rotatable bonds is 4. The predicted octanol–water partition coefficient (Wildman–Crippen LogP) is 0.490. The van der Waals surface area contributed by atoms with Gasteiger partial charge in [0.2, 0.25) is 15.9 Å². The highest BCUT2D eigenvalue weighted by molar-refractivity contribution is 7.89. The maximum absolute atomic E-state index is 12.0. The van der Waals surface area contributed by atoms with E-state index in [4.69, 9.17) is 11.6 Å². The zero-order valence-corrected chi connectivity index (χ0v) is 11.8. The first-order valence-corrected chi connectivity index (χ1v) is 6.96. The van der Waals surface area contributed by atoms with Crippen LogP contribution in [0, 0.1) is 0 Å². The summed E-state index contributed by atoms with van der Waals surface area (Å²) in [4.78, 5) is 16.4. The van der Waals surface area contributed by atoms with Crippen molar-refractivity contribution in [1.82, 2.24) is 14.6 Å². The molecule has 1 aromatic rings. The number of hydrogen-bond donors (Lipinski definition) is 1. The fourth-order valence-corrected chi connectivity index (χ4v) is 2.96. The van der Waals surface area contributed by atoms with Crippen molar-refractivity contribution in [3.05, 3.63) is 23.5 Å². The summed E-state index contributed by atoms with van der Waals surface area (Å²) >= 11 is 5.71. The molecule has 8 heteroatoms. The molecule has 0 aliphatic heterocycles. The van der Waals surface area contributed by atoms with Gasteiger partial charge in [0.25, 0.3) is 0 Å². The van der Waals surface area contributed by atoms with Gasteiger partial charge in [-0.3, -0.25) is 4.79 Å². The van der Waals surface area contributed by atoms with Crippen molar-refractivity contribution in [3.8, 4) is 0 Å². The normalized spacial score (nSPS) is 13.1. The highest BCUT2D eigenvalue weighted by Gasteiger charge is 2.25. The van der Waals surface area contributed by atoms with Crippen molar-refractivity contribution in [2.45, 2.75) is 17.9 Å². The zero-order chi connectivity index (χ0) is 13.9. The summed E-state index contributed by atoms with van der Waals surface area (Å²) in [6.45, 7) is 1.46. The first-order chi connectivity index (χ1) is 8.25. The van der Waals surface area contributed by atoms with Crippen LogP contribution >= 0.6 is 11.6 Å². The second kappa shape index (κ2) is 5.64. The summed E-state index contributed by atoms with van der Waals surface area (Å²) in [5, 5.41) is -0.130. The Kier molecular flexibility index (Phi) is 4.66. The molecular weight excluding hydrogens is 278 g/mol. The number of nitrogens with one attached hydrogen (secondary N) is 1. The van der Waals surface area contributed by atoms with Crippen LogP contribution in [0.3, 0.4) is 0 Å². The van der Waals surface area contributed by atoms with Gasteiger partial charge in [0, 0.05) is 20.3 Å². The lowest BCUT2D eigenvalue weighted by Gasteiger charge is -2.18. The number of carbonyl (C=O) groups is 1. The molecular formula is C10H14ClN3O3S. The number of hydrogen-bond acceptors (Lipinski definition) is 4. The Morgan fingerprint density at radius 2 is 2.11 bits per heavy atom. The standard InChI is InChI=1S/C10H14ClN3O3S/c1-7(10(15)14(2)3)13-18(16,17)8-5-4-6-12-9(8)11/h4-7,13H,1-3H3. The monoisotopic (exact) mass is 291 g/mol. The molecule has 0 aromatic carbocycles. The quantitative estimate of drug-likeness (QED) is 0.819. The predicted molar refractivity (Wildman–Crippen MR) is 67.7 cm³/mol. The minimum Gasteiger partial charge on any atom is -0.347 e. The highest BCUT2D eigenvalue weighted by atomic mass is 35.5. The van der Waals surface area contributed by atoms with Gasteiger partial charge in [-0.2, -0.15) is 4.72 Å². The maximum atomic E-state index is 12.0. The van der Waals surface area contributed by atoms with Crippen molar-refractivity contribution in [1.29, 1.82) is 0 Å². The van der Waals surface area contributed by atoms with E-state index in [1.807, 2.05) is 0 Å². The van der Waals surface area contributed by atoms with E-state index in [1.165, 1.54) is 30.2 Å². The van der Waals surface area contributed by atoms with Gasteiger partial charge in [-0.25, -0.2) is 13.4 Å². The second-order valence-corrected chi connectivity index (χ2v) is 5.91. The van der Waals surface area contributed by atoms with Crippen molar-refractivity contribution in [3.63, 3.8) is 0 Å². The Balaban J connectivity index is 2.97. The summed E-state index contributed by atoms with van der Waals surface area (Å²) in [5.41, 5.74) is 0. The van der Waals surface area contributed by atoms with Crippen LogP contribution in [0.1, 0.15) is 6.92 Å². The van der Waals surface area contributed by atoms with Gasteiger partial charge in [-0.15, -0.1) is 0 Å². The van der Waals surface area contributed by atoms with Crippen LogP contribution < -0.4 is 4.72 Å². The Bertz CT molecular complexity index is 545. The van der Waals surface area contributed by atoms with Crippen LogP contribution in [-0.4, -0.2) is 44.3 Å². The van der Waals surface area contributed by atoms with E-state index in [1.54, 1.807) is 14.1 Å². The van der Waals surface area contributed by atoms with E-state index in [0.717, 1.165) is 0 Å². The molecule has 1 atom stereocenters. The van der Waals surface area contributed by atoms with Gasteiger partial charge in [0.05, 0.1) is 6.04 Å². The fraction of sp³-hybridized carbons (Fsp3) is 0.400. The lowest BCUT2D eigenvalue weighted by Crippen LogP contribution is -2.44. The van der Waals surface area contributed by atoms with E-state index in [9.17, 15) is 13.2 Å². The number of carbonyl (C=O) groups excluding carboxylic acids is 1. The fourth-order valence-electron chi connectivity index (χ4n) is 1.31. The molecule has 100 valence electrons. The molecule has 6 nitrogen and oxygen atoms in total. The van der Waals surface area contributed by atoms with E-state index < -0.39 is 16.1 Å². The van der Waals surface area contributed by atoms with Crippen LogP contribution in [0.25, 0.3) is 0 Å². The Morgan fingerprint density at radius 1 is 1.50 bits per heavy atom. The molecule has 18 heavy (non-hydrogen) atoms. The third-order valence-corrected chi connectivity index (χ3v) is 4.14. The van der Waals surface area contributed by atoms with Crippen molar-refractivity contribution >= 4 is 27.5 Å². The van der Waals surface area contributed by atoms with Crippen LogP contribution in [-0.2, 0) is 14.8 Å². The van der Waals surface area contributed by atoms with E-state index >= 15 is 0 Å². The van der Waals surface area contributed by atoms with Gasteiger partial charge in [0.15, 0.2) is 0 Å². The first kappa shape index (κ1) is 14.9. The number of likely N-dealkylation sites (N-methyl/N-ethyl adjacent to an activating group) is 1. The summed E-state index contributed by atoms with van der Waals surface area (Å²) in [6.07, 6.45) is 1.38. The Labute approximate surface area is 111 Å². The molecule has 1 amide bonds. The average molecular weight is 292 g/mol. The molecule has 0 fully saturated rings. The molecule has 1 unspecified atom stereocenters. The number of nitrogens with zero attached hydrogens (tertiary/aromatic N) is 2. The molecule has 0 spiro atoms. The number of halogens is 1. The lowest BCUT2D eigenvalue weighted by molar-refractivity contribution is -0.130. The van der Waals surface area contributed by atoms with Crippen molar-refractivity contribution in [2.24, 2.45) is 0 Å². The van der Waals surface area contributed by atoms with Crippen molar-refractivity contribution in [2.75, 3.05) is 14.1 Å². The molecule has 0 bridgehead atoms. The van der Waals surface area contributed by atoms with Gasteiger partial charge < -0.3 is 4.90 Å². The van der Waals surface area contributed by atoms with Crippen molar-refractivity contribution < 1.29 is 13.2 Å². The minimum absolute atomic E-state index is 0.130. The van der Waals surface area contributed by atoms with Crippen LogP contribution in [0.4, 0.5) is 0 Å². The number of pyridine rings is 1. The largest absolute Gasteiger partial charge is 0.347 e. The SMILES string of the molecule is CC(NS(=O)(=O)c1cccnc1Cl)C(=O)N(C)C. The second-order valence-electron chi connectivity index (χ2n) is 3.87. The molecule has 0 aliphatic carbocycles. The van der Waals surface area contributed by atoms with Gasteiger partial charge in [0.1, 0.15) is 10.0 Å². The first-order valence-electron chi connectivity index (χ1n) is 5.09. The molecule has 1 aromatic heterocycles. The van der Waals surface area contributed by atoms with Gasteiger partial charge >= 0.3 is 0 Å². The highest BCUT2D eigenvalue weighted by Crippen LogP contribution is 2.17. The minimum atomic E-state index is -3.86. The Hall–Kier alpha value is -1.18. The molecule has 0 aliphatic rings. The van der Waals surface area contributed by atoms with E-state index in [0.29, 0.717) is 0 Å². The van der Waals surface area contributed by atoms with Gasteiger partial charge in [-0.05, 0) is 19.1 Å². The number of amides is 1. The summed E-state index contributed by atoms with van der Waals surface area (Å²) in [7, 11) is -0.769. The number of aromatic nitrogens is 1. The van der Waals surface area contributed by atoms with E-state index in [-0.39, 0.29) is 16.0 Å². The zero-order valence-electron chi connectivity index (χ0n) is 10.2. The molecule has 0 saturated carbocycles. The van der Waals surface area contributed by atoms with Gasteiger partial charge in [-0.1, -0.05) is 11.6 Å². The summed E-state index contributed by atoms with van der Waals surface area (Å²) in [5.74, 6) is -0.349. The third-order valence-electron chi connectivity index (χ3n) is 2.16. The lowest BCUT2D eigenvalue weighted by atomic mass is 10.3. The molecule has 0 radical (unpaired) electrons. The molecule has 1 heterocycles. The van der Waals surface area contributed by atoms with Crippen LogP contribution in [0.5, 0.6) is 0 Å². The van der Waals surface area contributed by atoms with E-state index in [2.05, 4.69) is 9.71 Å². The Morgan fingerprint density at radius 3 is 2.61 bits per heavy atom. The average Bonchev–Trinajstić information content (AvgIpc) is 2.27. The van der Waals surface area contributed by atoms with Crippen LogP contribution in [0.2, 0.25) is 5.15 Å². The molecule has 1 rings (SSSR count).